The van der Waals surface area contributed by atoms with Crippen LogP contribution in [-0.2, 0) is 4.74 Å². The van der Waals surface area contributed by atoms with E-state index in [1.54, 1.807) is 0 Å². The van der Waals surface area contributed by atoms with Crippen molar-refractivity contribution in [1.82, 2.24) is 0 Å². The molecule has 0 aromatic carbocycles. The first-order valence-electron chi connectivity index (χ1n) is 5.06. The molecule has 2 heteroatoms. The Morgan fingerprint density at radius 3 is 2.42 bits per heavy atom. The summed E-state index contributed by atoms with van der Waals surface area (Å²) in [5.74, 6) is 0.851. The SMILES string of the molecule is CCC(O)OC1CCC(C)CC1. The molecule has 1 atom stereocenters. The van der Waals surface area contributed by atoms with Crippen LogP contribution in [0, 0.1) is 5.92 Å². The third-order valence-corrected chi connectivity index (χ3v) is 2.66. The van der Waals surface area contributed by atoms with Crippen molar-refractivity contribution in [2.24, 2.45) is 5.92 Å². The maximum Gasteiger partial charge on any atom is 0.154 e. The Balaban J connectivity index is 2.17. The minimum atomic E-state index is -0.539. The van der Waals surface area contributed by atoms with Gasteiger partial charge in [-0.2, -0.15) is 0 Å². The first kappa shape index (κ1) is 10.0. The van der Waals surface area contributed by atoms with E-state index >= 15 is 0 Å². The van der Waals surface area contributed by atoms with E-state index in [0.717, 1.165) is 18.8 Å². The predicted molar refractivity (Wildman–Crippen MR) is 48.8 cm³/mol. The number of ether oxygens (including phenoxy) is 1. The first-order chi connectivity index (χ1) is 5.72. The van der Waals surface area contributed by atoms with Crippen LogP contribution in [0.25, 0.3) is 0 Å². The van der Waals surface area contributed by atoms with E-state index in [2.05, 4.69) is 6.92 Å². The monoisotopic (exact) mass is 172 g/mol. The molecular formula is C10H20O2. The summed E-state index contributed by atoms with van der Waals surface area (Å²) in [7, 11) is 0. The van der Waals surface area contributed by atoms with Crippen LogP contribution in [0.3, 0.4) is 0 Å². The molecule has 0 bridgehead atoms. The van der Waals surface area contributed by atoms with Gasteiger partial charge in [-0.25, -0.2) is 0 Å². The van der Waals surface area contributed by atoms with Gasteiger partial charge in [0.1, 0.15) is 0 Å². The van der Waals surface area contributed by atoms with Gasteiger partial charge >= 0.3 is 0 Å². The Hall–Kier alpha value is -0.0800. The molecule has 1 aliphatic carbocycles. The molecule has 0 aromatic heterocycles. The van der Waals surface area contributed by atoms with Crippen molar-refractivity contribution in [2.45, 2.75) is 58.3 Å². The maximum absolute atomic E-state index is 9.25. The van der Waals surface area contributed by atoms with E-state index in [0.29, 0.717) is 12.5 Å². The van der Waals surface area contributed by atoms with Gasteiger partial charge in [-0.3, -0.25) is 0 Å². The topological polar surface area (TPSA) is 29.5 Å². The summed E-state index contributed by atoms with van der Waals surface area (Å²) in [5.41, 5.74) is 0. The lowest BCUT2D eigenvalue weighted by Crippen LogP contribution is -2.25. The lowest BCUT2D eigenvalue weighted by atomic mass is 9.89. The second-order valence-corrected chi connectivity index (χ2v) is 3.88. The average molecular weight is 172 g/mol. The molecule has 0 saturated heterocycles. The number of aliphatic hydroxyl groups excluding tert-OH is 1. The van der Waals surface area contributed by atoms with Gasteiger partial charge in [-0.15, -0.1) is 0 Å². The average Bonchev–Trinajstić information content (AvgIpc) is 2.09. The third-order valence-electron chi connectivity index (χ3n) is 2.66. The van der Waals surface area contributed by atoms with Gasteiger partial charge in [-0.1, -0.05) is 13.8 Å². The van der Waals surface area contributed by atoms with Crippen molar-refractivity contribution < 1.29 is 9.84 Å². The van der Waals surface area contributed by atoms with E-state index < -0.39 is 6.29 Å². The second kappa shape index (κ2) is 4.83. The van der Waals surface area contributed by atoms with Gasteiger partial charge in [0.15, 0.2) is 6.29 Å². The molecule has 1 unspecified atom stereocenters. The molecule has 1 saturated carbocycles. The molecule has 72 valence electrons. The van der Waals surface area contributed by atoms with Gasteiger partial charge in [0.2, 0.25) is 0 Å². The van der Waals surface area contributed by atoms with Crippen molar-refractivity contribution in [1.29, 1.82) is 0 Å². The van der Waals surface area contributed by atoms with E-state index in [-0.39, 0.29) is 0 Å². The zero-order valence-electron chi connectivity index (χ0n) is 8.12. The summed E-state index contributed by atoms with van der Waals surface area (Å²) < 4.78 is 5.44. The summed E-state index contributed by atoms with van der Waals surface area (Å²) in [5, 5.41) is 9.25. The van der Waals surface area contributed by atoms with Crippen LogP contribution < -0.4 is 0 Å². The fraction of sp³-hybridized carbons (Fsp3) is 1.00. The molecule has 1 N–H and O–H groups in total. The summed E-state index contributed by atoms with van der Waals surface area (Å²) in [6, 6.07) is 0. The van der Waals surface area contributed by atoms with Gasteiger partial charge in [0.25, 0.3) is 0 Å². The van der Waals surface area contributed by atoms with E-state index in [1.165, 1.54) is 12.8 Å². The van der Waals surface area contributed by atoms with Gasteiger partial charge in [0, 0.05) is 0 Å². The number of hydrogen-bond donors (Lipinski definition) is 1. The summed E-state index contributed by atoms with van der Waals surface area (Å²) in [6.45, 7) is 4.22. The van der Waals surface area contributed by atoms with Crippen LogP contribution in [-0.4, -0.2) is 17.5 Å². The molecule has 0 heterocycles. The molecule has 1 rings (SSSR count). The smallest absolute Gasteiger partial charge is 0.154 e. The van der Waals surface area contributed by atoms with Crippen molar-refractivity contribution >= 4 is 0 Å². The van der Waals surface area contributed by atoms with Crippen LogP contribution in [0.15, 0.2) is 0 Å². The zero-order chi connectivity index (χ0) is 8.97. The van der Waals surface area contributed by atoms with E-state index in [9.17, 15) is 5.11 Å². The maximum atomic E-state index is 9.25. The Bertz CT molecular complexity index is 117. The van der Waals surface area contributed by atoms with Crippen LogP contribution in [0.2, 0.25) is 0 Å². The van der Waals surface area contributed by atoms with Gasteiger partial charge < -0.3 is 9.84 Å². The van der Waals surface area contributed by atoms with E-state index in [1.807, 2.05) is 6.92 Å². The highest BCUT2D eigenvalue weighted by Crippen LogP contribution is 2.26. The van der Waals surface area contributed by atoms with Crippen LogP contribution in [0.5, 0.6) is 0 Å². The standard InChI is InChI=1S/C10H20O2/c1-3-10(11)12-9-6-4-8(2)5-7-9/h8-11H,3-7H2,1-2H3. The molecule has 2 nitrogen and oxygen atoms in total. The zero-order valence-corrected chi connectivity index (χ0v) is 8.12. The Labute approximate surface area is 74.9 Å². The van der Waals surface area contributed by atoms with Crippen molar-refractivity contribution in [3.05, 3.63) is 0 Å². The molecule has 0 amide bonds. The fourth-order valence-electron chi connectivity index (χ4n) is 1.68. The van der Waals surface area contributed by atoms with Crippen LogP contribution in [0.1, 0.15) is 46.0 Å². The molecule has 0 spiro atoms. The van der Waals surface area contributed by atoms with Crippen LogP contribution >= 0.6 is 0 Å². The Morgan fingerprint density at radius 1 is 1.33 bits per heavy atom. The molecule has 0 radical (unpaired) electrons. The fourth-order valence-corrected chi connectivity index (χ4v) is 1.68. The van der Waals surface area contributed by atoms with Crippen LogP contribution in [0.4, 0.5) is 0 Å². The predicted octanol–water partition coefficient (Wildman–Crippen LogP) is 2.31. The quantitative estimate of drug-likeness (QED) is 0.662. The largest absolute Gasteiger partial charge is 0.368 e. The van der Waals surface area contributed by atoms with E-state index in [4.69, 9.17) is 4.74 Å². The lowest BCUT2D eigenvalue weighted by Gasteiger charge is -2.27. The summed E-state index contributed by atoms with van der Waals surface area (Å²) in [6.07, 6.45) is 5.23. The Morgan fingerprint density at radius 2 is 1.92 bits per heavy atom. The summed E-state index contributed by atoms with van der Waals surface area (Å²) >= 11 is 0. The normalized spacial score (nSPS) is 33.2. The highest BCUT2D eigenvalue weighted by atomic mass is 16.6. The molecular weight excluding hydrogens is 152 g/mol. The molecule has 1 fully saturated rings. The second-order valence-electron chi connectivity index (χ2n) is 3.88. The highest BCUT2D eigenvalue weighted by molar-refractivity contribution is 4.70. The highest BCUT2D eigenvalue weighted by Gasteiger charge is 2.20. The number of rotatable bonds is 3. The van der Waals surface area contributed by atoms with Crippen molar-refractivity contribution in [3.63, 3.8) is 0 Å². The summed E-state index contributed by atoms with van der Waals surface area (Å²) in [4.78, 5) is 0. The van der Waals surface area contributed by atoms with Crippen molar-refractivity contribution in [2.75, 3.05) is 0 Å². The van der Waals surface area contributed by atoms with Gasteiger partial charge in [0.05, 0.1) is 6.10 Å². The molecule has 1 aliphatic rings. The van der Waals surface area contributed by atoms with Gasteiger partial charge in [-0.05, 0) is 38.0 Å². The molecule has 0 aromatic rings. The minimum absolute atomic E-state index is 0.316. The molecule has 12 heavy (non-hydrogen) atoms. The minimum Gasteiger partial charge on any atom is -0.368 e. The number of hydrogen-bond acceptors (Lipinski definition) is 2. The number of aliphatic hydroxyl groups is 1. The molecule has 0 aliphatic heterocycles. The van der Waals surface area contributed by atoms with Crippen molar-refractivity contribution in [3.8, 4) is 0 Å². The Kier molecular flexibility index (Phi) is 4.02. The third kappa shape index (κ3) is 3.11. The first-order valence-corrected chi connectivity index (χ1v) is 5.06. The lowest BCUT2D eigenvalue weighted by molar-refractivity contribution is -0.146.